The highest BCUT2D eigenvalue weighted by Crippen LogP contribution is 2.51. The zero-order valence-corrected chi connectivity index (χ0v) is 10.2. The maximum atomic E-state index is 9.17. The van der Waals surface area contributed by atoms with Crippen molar-refractivity contribution in [1.82, 2.24) is 5.32 Å². The van der Waals surface area contributed by atoms with Gasteiger partial charge in [0.1, 0.15) is 5.75 Å². The van der Waals surface area contributed by atoms with Gasteiger partial charge in [0.15, 0.2) is 0 Å². The molecule has 0 bridgehead atoms. The van der Waals surface area contributed by atoms with Crippen LogP contribution in [0.3, 0.4) is 0 Å². The van der Waals surface area contributed by atoms with Gasteiger partial charge in [-0.3, -0.25) is 0 Å². The van der Waals surface area contributed by atoms with E-state index in [9.17, 15) is 5.11 Å². The minimum Gasteiger partial charge on any atom is -0.508 e. The van der Waals surface area contributed by atoms with Crippen molar-refractivity contribution in [3.63, 3.8) is 0 Å². The average Bonchev–Trinajstić information content (AvgIpc) is 3.02. The summed E-state index contributed by atoms with van der Waals surface area (Å²) in [6, 6.07) is 7.42. The smallest absolute Gasteiger partial charge is 0.115 e. The summed E-state index contributed by atoms with van der Waals surface area (Å²) in [6.45, 7) is 6.64. The lowest BCUT2D eigenvalue weighted by atomic mass is 9.92. The summed E-state index contributed by atoms with van der Waals surface area (Å²) in [5.41, 5.74) is 1.80. The molecule has 0 heterocycles. The van der Waals surface area contributed by atoms with Crippen molar-refractivity contribution in [3.05, 3.63) is 29.8 Å². The van der Waals surface area contributed by atoms with Crippen LogP contribution in [0.2, 0.25) is 0 Å². The Labute approximate surface area is 97.7 Å². The van der Waals surface area contributed by atoms with E-state index in [4.69, 9.17) is 0 Å². The number of hydrogen-bond acceptors (Lipinski definition) is 2. The molecule has 2 rings (SSSR count). The normalized spacial score (nSPS) is 17.7. The molecule has 0 spiro atoms. The maximum absolute atomic E-state index is 9.17. The van der Waals surface area contributed by atoms with Gasteiger partial charge in [-0.25, -0.2) is 0 Å². The van der Waals surface area contributed by atoms with Crippen molar-refractivity contribution in [2.45, 2.75) is 33.2 Å². The molecule has 0 saturated heterocycles. The van der Waals surface area contributed by atoms with Crippen LogP contribution < -0.4 is 5.32 Å². The molecular formula is C14H21NO. The molecule has 0 amide bonds. The monoisotopic (exact) mass is 219 g/mol. The molecule has 2 nitrogen and oxygen atoms in total. The summed E-state index contributed by atoms with van der Waals surface area (Å²) in [6.07, 6.45) is 2.74. The topological polar surface area (TPSA) is 32.3 Å². The summed E-state index contributed by atoms with van der Waals surface area (Å²) in [4.78, 5) is 0. The van der Waals surface area contributed by atoms with Gasteiger partial charge >= 0.3 is 0 Å². The van der Waals surface area contributed by atoms with Crippen LogP contribution in [0, 0.1) is 11.3 Å². The molecule has 1 aliphatic carbocycles. The zero-order valence-electron chi connectivity index (χ0n) is 10.2. The third-order valence-electron chi connectivity index (χ3n) is 3.86. The fraction of sp³-hybridized carbons (Fsp3) is 0.571. The maximum Gasteiger partial charge on any atom is 0.115 e. The number of phenols is 1. The predicted molar refractivity (Wildman–Crippen MR) is 66.3 cm³/mol. The van der Waals surface area contributed by atoms with Gasteiger partial charge < -0.3 is 10.4 Å². The first-order valence-corrected chi connectivity index (χ1v) is 6.11. The van der Waals surface area contributed by atoms with E-state index in [2.05, 4.69) is 19.2 Å². The fourth-order valence-electron chi connectivity index (χ4n) is 2.19. The van der Waals surface area contributed by atoms with Crippen LogP contribution in [-0.4, -0.2) is 11.7 Å². The van der Waals surface area contributed by atoms with Crippen LogP contribution >= 0.6 is 0 Å². The first-order chi connectivity index (χ1) is 7.62. The molecule has 88 valence electrons. The van der Waals surface area contributed by atoms with E-state index >= 15 is 0 Å². The molecule has 2 N–H and O–H groups in total. The molecule has 16 heavy (non-hydrogen) atoms. The Morgan fingerprint density at radius 3 is 2.38 bits per heavy atom. The molecule has 0 aromatic heterocycles. The standard InChI is InChI=1S/C14H21NO/c1-11(2)14(7-8-14)10-15-9-12-3-5-13(16)6-4-12/h3-6,11,15-16H,7-10H2,1-2H3. The summed E-state index contributed by atoms with van der Waals surface area (Å²) >= 11 is 0. The molecule has 1 fully saturated rings. The van der Waals surface area contributed by atoms with Crippen molar-refractivity contribution in [2.75, 3.05) is 6.54 Å². The highest BCUT2D eigenvalue weighted by molar-refractivity contribution is 5.25. The Kier molecular flexibility index (Phi) is 3.20. The van der Waals surface area contributed by atoms with Gasteiger partial charge in [-0.15, -0.1) is 0 Å². The van der Waals surface area contributed by atoms with E-state index in [0.717, 1.165) is 19.0 Å². The highest BCUT2D eigenvalue weighted by atomic mass is 16.3. The lowest BCUT2D eigenvalue weighted by molar-refractivity contribution is 0.338. The second-order valence-electron chi connectivity index (χ2n) is 5.29. The average molecular weight is 219 g/mol. The minimum atomic E-state index is 0.338. The molecule has 0 aliphatic heterocycles. The predicted octanol–water partition coefficient (Wildman–Crippen LogP) is 2.92. The van der Waals surface area contributed by atoms with E-state index in [1.807, 2.05) is 12.1 Å². The van der Waals surface area contributed by atoms with Crippen LogP contribution in [0.5, 0.6) is 5.75 Å². The van der Waals surface area contributed by atoms with Gasteiger partial charge in [0, 0.05) is 13.1 Å². The van der Waals surface area contributed by atoms with Crippen LogP contribution in [0.25, 0.3) is 0 Å². The molecular weight excluding hydrogens is 198 g/mol. The van der Waals surface area contributed by atoms with Gasteiger partial charge in [0.25, 0.3) is 0 Å². The molecule has 2 heteroatoms. The van der Waals surface area contributed by atoms with Crippen molar-refractivity contribution in [1.29, 1.82) is 0 Å². The van der Waals surface area contributed by atoms with Gasteiger partial charge in [0.2, 0.25) is 0 Å². The van der Waals surface area contributed by atoms with E-state index in [1.165, 1.54) is 18.4 Å². The largest absolute Gasteiger partial charge is 0.508 e. The van der Waals surface area contributed by atoms with Gasteiger partial charge in [0.05, 0.1) is 0 Å². The Balaban J connectivity index is 1.78. The van der Waals surface area contributed by atoms with E-state index in [0.29, 0.717) is 11.2 Å². The van der Waals surface area contributed by atoms with Crippen molar-refractivity contribution < 1.29 is 5.11 Å². The third-order valence-corrected chi connectivity index (χ3v) is 3.86. The van der Waals surface area contributed by atoms with Gasteiger partial charge in [-0.2, -0.15) is 0 Å². The number of rotatable bonds is 5. The fourth-order valence-corrected chi connectivity index (χ4v) is 2.19. The van der Waals surface area contributed by atoms with Gasteiger partial charge in [-0.1, -0.05) is 26.0 Å². The minimum absolute atomic E-state index is 0.338. The number of benzene rings is 1. The molecule has 1 aliphatic rings. The second kappa shape index (κ2) is 4.46. The van der Waals surface area contributed by atoms with Crippen LogP contribution in [-0.2, 0) is 6.54 Å². The Bertz CT molecular complexity index is 338. The summed E-state index contributed by atoms with van der Waals surface area (Å²) < 4.78 is 0. The van der Waals surface area contributed by atoms with Crippen LogP contribution in [0.4, 0.5) is 0 Å². The Morgan fingerprint density at radius 1 is 1.25 bits per heavy atom. The molecule has 0 radical (unpaired) electrons. The van der Waals surface area contributed by atoms with Crippen molar-refractivity contribution in [3.8, 4) is 5.75 Å². The summed E-state index contributed by atoms with van der Waals surface area (Å²) in [5.74, 6) is 1.12. The number of nitrogens with one attached hydrogen (secondary N) is 1. The molecule has 1 saturated carbocycles. The number of phenolic OH excluding ortho intramolecular Hbond substituents is 1. The zero-order chi connectivity index (χ0) is 11.6. The van der Waals surface area contributed by atoms with E-state index in [-0.39, 0.29) is 0 Å². The molecule has 1 aromatic carbocycles. The Hall–Kier alpha value is -1.02. The van der Waals surface area contributed by atoms with Crippen molar-refractivity contribution in [2.24, 2.45) is 11.3 Å². The third kappa shape index (κ3) is 2.56. The lowest BCUT2D eigenvalue weighted by Gasteiger charge is -2.20. The molecule has 0 unspecified atom stereocenters. The number of aromatic hydroxyl groups is 1. The van der Waals surface area contributed by atoms with E-state index < -0.39 is 0 Å². The molecule has 1 aromatic rings. The van der Waals surface area contributed by atoms with Crippen LogP contribution in [0.1, 0.15) is 32.3 Å². The molecule has 0 atom stereocenters. The summed E-state index contributed by atoms with van der Waals surface area (Å²) in [7, 11) is 0. The number of hydrogen-bond donors (Lipinski definition) is 2. The van der Waals surface area contributed by atoms with Gasteiger partial charge in [-0.05, 0) is 41.9 Å². The highest BCUT2D eigenvalue weighted by Gasteiger charge is 2.44. The second-order valence-corrected chi connectivity index (χ2v) is 5.29. The summed E-state index contributed by atoms with van der Waals surface area (Å²) in [5, 5.41) is 12.7. The first kappa shape index (κ1) is 11.5. The first-order valence-electron chi connectivity index (χ1n) is 6.11. The lowest BCUT2D eigenvalue weighted by Crippen LogP contribution is -2.27. The quantitative estimate of drug-likeness (QED) is 0.798. The Morgan fingerprint density at radius 2 is 1.88 bits per heavy atom. The SMILES string of the molecule is CC(C)C1(CNCc2ccc(O)cc2)CC1. The van der Waals surface area contributed by atoms with Crippen LogP contribution in [0.15, 0.2) is 24.3 Å². The van der Waals surface area contributed by atoms with E-state index in [1.54, 1.807) is 12.1 Å². The van der Waals surface area contributed by atoms with Crippen molar-refractivity contribution >= 4 is 0 Å².